The number of hydrogen-bond acceptors (Lipinski definition) is 5. The van der Waals surface area contributed by atoms with Crippen LogP contribution in [-0.4, -0.2) is 56.5 Å². The third-order valence-electron chi connectivity index (χ3n) is 7.81. The summed E-state index contributed by atoms with van der Waals surface area (Å²) in [5.74, 6) is 1.16. The highest BCUT2D eigenvalue weighted by Crippen LogP contribution is 2.37. The summed E-state index contributed by atoms with van der Waals surface area (Å²) in [5.41, 5.74) is 2.47. The van der Waals surface area contributed by atoms with Crippen LogP contribution in [0.25, 0.3) is 11.1 Å². The predicted octanol–water partition coefficient (Wildman–Crippen LogP) is 6.19. The van der Waals surface area contributed by atoms with Gasteiger partial charge in [-0.2, -0.15) is 0 Å². The molecular formula is C29H39ClN2O4S. The van der Waals surface area contributed by atoms with Gasteiger partial charge in [0.05, 0.1) is 10.3 Å². The van der Waals surface area contributed by atoms with Crippen molar-refractivity contribution < 1.29 is 17.9 Å². The van der Waals surface area contributed by atoms with Crippen molar-refractivity contribution >= 4 is 33.0 Å². The highest BCUT2D eigenvalue weighted by atomic mass is 35.5. The SMILES string of the molecule is CCS(=O)(=O)C1CCCC(CC(=O)Nc2ccc(-c3ccccc3OC3CCN(C)CC3)c(Cl)c2)CC1. The lowest BCUT2D eigenvalue weighted by Gasteiger charge is -2.30. The summed E-state index contributed by atoms with van der Waals surface area (Å²) in [6.07, 6.45) is 6.44. The van der Waals surface area contributed by atoms with E-state index in [1.807, 2.05) is 36.4 Å². The summed E-state index contributed by atoms with van der Waals surface area (Å²) in [6.45, 7) is 3.77. The summed E-state index contributed by atoms with van der Waals surface area (Å²) in [5, 5.41) is 3.28. The van der Waals surface area contributed by atoms with Crippen molar-refractivity contribution in [3.8, 4) is 16.9 Å². The van der Waals surface area contributed by atoms with Gasteiger partial charge in [-0.3, -0.25) is 4.79 Å². The number of likely N-dealkylation sites (tertiary alicyclic amines) is 1. The fraction of sp³-hybridized carbons (Fsp3) is 0.552. The lowest BCUT2D eigenvalue weighted by molar-refractivity contribution is -0.117. The number of anilines is 1. The molecule has 0 bridgehead atoms. The van der Waals surface area contributed by atoms with Gasteiger partial charge in [-0.15, -0.1) is 0 Å². The van der Waals surface area contributed by atoms with Crippen molar-refractivity contribution in [2.24, 2.45) is 5.92 Å². The number of piperidine rings is 1. The Bertz CT molecular complexity index is 1180. The molecule has 2 aromatic rings. The van der Waals surface area contributed by atoms with Crippen molar-refractivity contribution in [3.63, 3.8) is 0 Å². The maximum Gasteiger partial charge on any atom is 0.224 e. The number of amides is 1. The Hall–Kier alpha value is -2.09. The average molecular weight is 547 g/mol. The number of nitrogens with one attached hydrogen (secondary N) is 1. The summed E-state index contributed by atoms with van der Waals surface area (Å²) < 4.78 is 30.9. The van der Waals surface area contributed by atoms with E-state index >= 15 is 0 Å². The lowest BCUT2D eigenvalue weighted by atomic mass is 9.96. The zero-order chi connectivity index (χ0) is 26.4. The van der Waals surface area contributed by atoms with E-state index in [2.05, 4.69) is 17.3 Å². The zero-order valence-electron chi connectivity index (χ0n) is 21.9. The number of halogens is 1. The highest BCUT2D eigenvalue weighted by molar-refractivity contribution is 7.92. The first-order chi connectivity index (χ1) is 17.7. The van der Waals surface area contributed by atoms with E-state index in [-0.39, 0.29) is 28.9 Å². The predicted molar refractivity (Wildman–Crippen MR) is 151 cm³/mol. The van der Waals surface area contributed by atoms with Crippen molar-refractivity contribution in [2.45, 2.75) is 69.6 Å². The number of para-hydroxylation sites is 1. The molecule has 2 aliphatic rings. The minimum Gasteiger partial charge on any atom is -0.490 e. The largest absolute Gasteiger partial charge is 0.490 e. The van der Waals surface area contributed by atoms with Crippen LogP contribution in [0.1, 0.15) is 58.3 Å². The van der Waals surface area contributed by atoms with Gasteiger partial charge in [-0.05, 0) is 69.7 Å². The third kappa shape index (κ3) is 7.49. The van der Waals surface area contributed by atoms with Crippen LogP contribution in [0, 0.1) is 5.92 Å². The van der Waals surface area contributed by atoms with Crippen LogP contribution >= 0.6 is 11.6 Å². The molecule has 202 valence electrons. The lowest BCUT2D eigenvalue weighted by Crippen LogP contribution is -2.35. The number of nitrogens with zero attached hydrogens (tertiary/aromatic N) is 1. The van der Waals surface area contributed by atoms with Crippen molar-refractivity contribution in [3.05, 3.63) is 47.5 Å². The van der Waals surface area contributed by atoms with Crippen LogP contribution in [0.15, 0.2) is 42.5 Å². The van der Waals surface area contributed by atoms with Crippen molar-refractivity contribution in [1.82, 2.24) is 4.90 Å². The summed E-state index contributed by atoms with van der Waals surface area (Å²) in [4.78, 5) is 15.1. The van der Waals surface area contributed by atoms with Gasteiger partial charge in [0.2, 0.25) is 5.91 Å². The van der Waals surface area contributed by atoms with Crippen LogP contribution in [0.3, 0.4) is 0 Å². The monoisotopic (exact) mass is 546 g/mol. The van der Waals surface area contributed by atoms with E-state index in [4.69, 9.17) is 16.3 Å². The van der Waals surface area contributed by atoms with Gasteiger partial charge in [-0.25, -0.2) is 8.42 Å². The van der Waals surface area contributed by atoms with E-state index < -0.39 is 9.84 Å². The Morgan fingerprint density at radius 1 is 1.03 bits per heavy atom. The minimum atomic E-state index is -3.02. The van der Waals surface area contributed by atoms with E-state index in [9.17, 15) is 13.2 Å². The smallest absolute Gasteiger partial charge is 0.224 e. The first-order valence-electron chi connectivity index (χ1n) is 13.5. The molecule has 1 aliphatic carbocycles. The van der Waals surface area contributed by atoms with Crippen LogP contribution < -0.4 is 10.1 Å². The van der Waals surface area contributed by atoms with Gasteiger partial charge in [0.1, 0.15) is 11.9 Å². The topological polar surface area (TPSA) is 75.7 Å². The summed E-state index contributed by atoms with van der Waals surface area (Å²) >= 11 is 6.70. The number of sulfone groups is 1. The Morgan fingerprint density at radius 2 is 1.78 bits per heavy atom. The molecule has 1 aliphatic heterocycles. The molecule has 2 fully saturated rings. The molecular weight excluding hydrogens is 508 g/mol. The molecule has 0 aromatic heterocycles. The van der Waals surface area contributed by atoms with E-state index in [1.54, 1.807) is 13.0 Å². The molecule has 2 aromatic carbocycles. The quantitative estimate of drug-likeness (QED) is 0.399. The Balaban J connectivity index is 1.37. The molecule has 4 rings (SSSR count). The molecule has 0 radical (unpaired) electrons. The standard InChI is InChI=1S/C29H39ClN2O4S/c1-3-37(34,35)24-8-6-7-21(11-13-24)19-29(33)31-22-12-14-25(27(30)20-22)26-9-4-5-10-28(26)36-23-15-17-32(2)18-16-23/h4-5,9-10,12,14,20-21,23-24H,3,6-8,11,13,15-19H2,1-2H3,(H,31,33). The van der Waals surface area contributed by atoms with Gasteiger partial charge in [0.15, 0.2) is 9.84 Å². The van der Waals surface area contributed by atoms with Crippen LogP contribution in [0.5, 0.6) is 5.75 Å². The molecule has 1 amide bonds. The van der Waals surface area contributed by atoms with E-state index in [1.165, 1.54) is 0 Å². The maximum atomic E-state index is 12.8. The third-order valence-corrected chi connectivity index (χ3v) is 10.4. The average Bonchev–Trinajstić information content (AvgIpc) is 3.12. The van der Waals surface area contributed by atoms with Crippen LogP contribution in [-0.2, 0) is 14.6 Å². The molecule has 0 spiro atoms. The van der Waals surface area contributed by atoms with Gasteiger partial charge in [0.25, 0.3) is 0 Å². The number of benzene rings is 2. The molecule has 1 saturated carbocycles. The number of ether oxygens (including phenoxy) is 1. The number of carbonyl (C=O) groups excluding carboxylic acids is 1. The van der Waals surface area contributed by atoms with E-state index in [0.717, 1.165) is 62.1 Å². The number of rotatable bonds is 8. The summed E-state index contributed by atoms with van der Waals surface area (Å²) in [7, 11) is -0.882. The molecule has 1 heterocycles. The molecule has 8 heteroatoms. The Kier molecular flexibility index (Phi) is 9.54. The number of hydrogen-bond donors (Lipinski definition) is 1. The fourth-order valence-electron chi connectivity index (χ4n) is 5.50. The fourth-order valence-corrected chi connectivity index (χ4v) is 7.28. The molecule has 6 nitrogen and oxygen atoms in total. The van der Waals surface area contributed by atoms with Crippen molar-refractivity contribution in [1.29, 1.82) is 0 Å². The van der Waals surface area contributed by atoms with Gasteiger partial charge < -0.3 is 15.0 Å². The first kappa shape index (κ1) is 27.9. The molecule has 1 saturated heterocycles. The Morgan fingerprint density at radius 3 is 2.51 bits per heavy atom. The first-order valence-corrected chi connectivity index (χ1v) is 15.6. The second kappa shape index (κ2) is 12.6. The van der Waals surface area contributed by atoms with Gasteiger partial charge in [0, 0.05) is 42.1 Å². The Labute approximate surface area is 226 Å². The van der Waals surface area contributed by atoms with Crippen LogP contribution in [0.2, 0.25) is 5.02 Å². The summed E-state index contributed by atoms with van der Waals surface area (Å²) in [6, 6.07) is 13.6. The second-order valence-corrected chi connectivity index (χ2v) is 13.5. The maximum absolute atomic E-state index is 12.8. The molecule has 1 N–H and O–H groups in total. The highest BCUT2D eigenvalue weighted by Gasteiger charge is 2.28. The van der Waals surface area contributed by atoms with Crippen LogP contribution in [0.4, 0.5) is 5.69 Å². The molecule has 37 heavy (non-hydrogen) atoms. The van der Waals surface area contributed by atoms with Gasteiger partial charge >= 0.3 is 0 Å². The normalized spacial score (nSPS) is 21.8. The number of carbonyl (C=O) groups is 1. The van der Waals surface area contributed by atoms with Gasteiger partial charge in [-0.1, -0.05) is 49.2 Å². The molecule has 2 unspecified atom stereocenters. The van der Waals surface area contributed by atoms with E-state index in [0.29, 0.717) is 30.0 Å². The zero-order valence-corrected chi connectivity index (χ0v) is 23.5. The second-order valence-electron chi connectivity index (χ2n) is 10.5. The minimum absolute atomic E-state index is 0.0587. The van der Waals surface area contributed by atoms with Crippen molar-refractivity contribution in [2.75, 3.05) is 31.2 Å². The molecule has 2 atom stereocenters.